The van der Waals surface area contributed by atoms with Crippen LogP contribution in [-0.4, -0.2) is 69.8 Å². The molecule has 7 rings (SSSR count). The number of carbonyl (C=O) groups is 1. The minimum Gasteiger partial charge on any atom is -0.504 e. The number of likely N-dealkylation sites (tertiary alicyclic amines) is 1. The van der Waals surface area contributed by atoms with E-state index in [1.807, 2.05) is 36.7 Å². The van der Waals surface area contributed by atoms with Crippen LogP contribution in [0.4, 0.5) is 0 Å². The number of nitrogens with zero attached hydrogens (tertiary/aromatic N) is 2. The number of amides is 1. The molecule has 1 saturated carbocycles. The molecule has 1 saturated heterocycles. The Morgan fingerprint density at radius 3 is 2.83 bits per heavy atom. The molecular weight excluding hydrogens is 600 g/mol. The van der Waals surface area contributed by atoms with E-state index in [4.69, 9.17) is 4.74 Å². The number of aliphatic hydroxyl groups is 1. The third-order valence-electron chi connectivity index (χ3n) is 10.2. The smallest absolute Gasteiger partial charge is 0.246 e. The first kappa shape index (κ1) is 27.2. The molecule has 4 aliphatic rings. The molecule has 3 aromatic rings. The number of halogens is 1. The SMILES string of the molecule is C[C@@H]1C[C@@]2(O)[C@H]3Cc4ccc(O)c5c4[C@@]2(CCN3CCc2ccccc2)[C@@H](O5)[C@@H]1N(C)C(=O)/C=C/c1cc(Br)cs1. The van der Waals surface area contributed by atoms with E-state index in [9.17, 15) is 15.0 Å². The minimum atomic E-state index is -1.03. The van der Waals surface area contributed by atoms with Gasteiger partial charge in [-0.3, -0.25) is 9.69 Å². The third kappa shape index (κ3) is 4.05. The van der Waals surface area contributed by atoms with Gasteiger partial charge in [0.15, 0.2) is 11.5 Å². The first-order chi connectivity index (χ1) is 19.7. The molecule has 6 atom stereocenters. The molecule has 1 amide bonds. The number of piperidine rings is 1. The lowest BCUT2D eigenvalue weighted by atomic mass is 9.46. The van der Waals surface area contributed by atoms with Gasteiger partial charge in [-0.2, -0.15) is 0 Å². The second-order valence-corrected chi connectivity index (χ2v) is 14.1. The summed E-state index contributed by atoms with van der Waals surface area (Å²) in [6, 6.07) is 15.9. The predicted octanol–water partition coefficient (Wildman–Crippen LogP) is 5.40. The zero-order valence-corrected chi connectivity index (χ0v) is 25.7. The van der Waals surface area contributed by atoms with E-state index in [0.717, 1.165) is 46.4 Å². The maximum absolute atomic E-state index is 13.5. The molecule has 1 aromatic heterocycles. The van der Waals surface area contributed by atoms with Crippen LogP contribution in [0.15, 0.2) is 64.5 Å². The van der Waals surface area contributed by atoms with E-state index in [0.29, 0.717) is 18.6 Å². The van der Waals surface area contributed by atoms with Crippen LogP contribution >= 0.6 is 27.3 Å². The maximum Gasteiger partial charge on any atom is 0.246 e. The zero-order valence-electron chi connectivity index (χ0n) is 23.3. The summed E-state index contributed by atoms with van der Waals surface area (Å²) in [7, 11) is 1.85. The van der Waals surface area contributed by atoms with Crippen molar-refractivity contribution >= 4 is 39.2 Å². The van der Waals surface area contributed by atoms with Gasteiger partial charge in [-0.05, 0) is 83.4 Å². The van der Waals surface area contributed by atoms with Crippen molar-refractivity contribution in [2.24, 2.45) is 5.92 Å². The summed E-state index contributed by atoms with van der Waals surface area (Å²) in [5.74, 6) is 0.514. The molecule has 8 heteroatoms. The highest BCUT2D eigenvalue weighted by molar-refractivity contribution is 9.10. The number of hydrogen-bond acceptors (Lipinski definition) is 6. The fraction of sp³-hybridized carbons (Fsp3) is 0.424. The van der Waals surface area contributed by atoms with Gasteiger partial charge in [0.05, 0.1) is 17.1 Å². The molecular formula is C33H35BrN2O4S. The van der Waals surface area contributed by atoms with Crippen LogP contribution in [0, 0.1) is 5.92 Å². The number of ether oxygens (including phenoxy) is 1. The van der Waals surface area contributed by atoms with Gasteiger partial charge in [-0.1, -0.05) is 43.3 Å². The van der Waals surface area contributed by atoms with Gasteiger partial charge >= 0.3 is 0 Å². The molecule has 214 valence electrons. The van der Waals surface area contributed by atoms with Crippen LogP contribution in [0.3, 0.4) is 0 Å². The molecule has 2 bridgehead atoms. The topological polar surface area (TPSA) is 73.2 Å². The third-order valence-corrected chi connectivity index (χ3v) is 11.9. The number of carbonyl (C=O) groups excluding carboxylic acids is 1. The monoisotopic (exact) mass is 634 g/mol. The molecule has 2 aliphatic heterocycles. The Bertz CT molecular complexity index is 1520. The summed E-state index contributed by atoms with van der Waals surface area (Å²) >= 11 is 5.05. The van der Waals surface area contributed by atoms with Gasteiger partial charge in [0.2, 0.25) is 5.91 Å². The fourth-order valence-corrected chi connectivity index (χ4v) is 9.82. The number of likely N-dealkylation sites (N-methyl/N-ethyl adjacent to an activating group) is 1. The first-order valence-electron chi connectivity index (χ1n) is 14.4. The summed E-state index contributed by atoms with van der Waals surface area (Å²) < 4.78 is 7.71. The van der Waals surface area contributed by atoms with Crippen LogP contribution in [0.5, 0.6) is 11.5 Å². The lowest BCUT2D eigenvalue weighted by Crippen LogP contribution is -2.79. The number of hydrogen-bond donors (Lipinski definition) is 2. The lowest BCUT2D eigenvalue weighted by molar-refractivity contribution is -0.211. The summed E-state index contributed by atoms with van der Waals surface area (Å²) in [5, 5.41) is 25.9. The fourth-order valence-electron chi connectivity index (χ4n) is 8.48. The zero-order chi connectivity index (χ0) is 28.5. The molecule has 1 spiro atoms. The Balaban J connectivity index is 1.25. The molecule has 2 aromatic carbocycles. The molecule has 3 heterocycles. The Kier molecular flexibility index (Phi) is 6.62. The highest BCUT2D eigenvalue weighted by Crippen LogP contribution is 2.66. The first-order valence-corrected chi connectivity index (χ1v) is 16.1. The van der Waals surface area contributed by atoms with Crippen molar-refractivity contribution in [2.45, 2.75) is 61.8 Å². The van der Waals surface area contributed by atoms with Crippen LogP contribution in [-0.2, 0) is 23.1 Å². The van der Waals surface area contributed by atoms with Crippen molar-refractivity contribution in [2.75, 3.05) is 20.1 Å². The van der Waals surface area contributed by atoms with Gasteiger partial charge < -0.3 is 19.8 Å². The number of benzene rings is 2. The number of aromatic hydroxyl groups is 1. The maximum atomic E-state index is 13.5. The molecule has 2 aliphatic carbocycles. The van der Waals surface area contributed by atoms with E-state index < -0.39 is 17.1 Å². The second kappa shape index (κ2) is 9.97. The van der Waals surface area contributed by atoms with E-state index in [1.165, 1.54) is 5.56 Å². The van der Waals surface area contributed by atoms with Crippen molar-refractivity contribution in [1.29, 1.82) is 0 Å². The van der Waals surface area contributed by atoms with Crippen molar-refractivity contribution in [3.8, 4) is 11.5 Å². The molecule has 2 N–H and O–H groups in total. The highest BCUT2D eigenvalue weighted by atomic mass is 79.9. The summed E-state index contributed by atoms with van der Waals surface area (Å²) in [4.78, 5) is 18.8. The van der Waals surface area contributed by atoms with Crippen LogP contribution in [0.1, 0.15) is 41.3 Å². The predicted molar refractivity (Wildman–Crippen MR) is 164 cm³/mol. The standard InChI is InChI=1S/C33H35BrN2O4S/c1-20-18-33(39)26-16-22-8-10-25(37)30-28(22)32(33,13-15-36(26)14-12-21-6-4-3-5-7-21)31(40-30)29(20)35(2)27(38)11-9-24-17-23(34)19-41-24/h3-11,17,19-20,26,29,31,37,39H,12-16,18H2,1-2H3/b11-9+/t20-,26-,29-,31+,32+,33-/m1/s1. The lowest BCUT2D eigenvalue weighted by Gasteiger charge is -2.66. The normalized spacial score (nSPS) is 31.6. The van der Waals surface area contributed by atoms with E-state index in [1.54, 1.807) is 28.4 Å². The van der Waals surface area contributed by atoms with Crippen molar-refractivity contribution < 1.29 is 19.7 Å². The minimum absolute atomic E-state index is 0.00839. The Morgan fingerprint density at radius 1 is 1.27 bits per heavy atom. The van der Waals surface area contributed by atoms with Gasteiger partial charge in [0, 0.05) is 46.0 Å². The number of phenolic OH excluding ortho intramolecular Hbond substituents is 1. The average molecular weight is 636 g/mol. The van der Waals surface area contributed by atoms with Crippen LogP contribution in [0.2, 0.25) is 0 Å². The summed E-state index contributed by atoms with van der Waals surface area (Å²) in [6.45, 7) is 3.84. The Morgan fingerprint density at radius 2 is 2.07 bits per heavy atom. The van der Waals surface area contributed by atoms with E-state index >= 15 is 0 Å². The summed E-state index contributed by atoms with van der Waals surface area (Å²) in [5.41, 5.74) is 1.70. The van der Waals surface area contributed by atoms with Gasteiger partial charge in [0.1, 0.15) is 6.10 Å². The highest BCUT2D eigenvalue weighted by Gasteiger charge is 2.74. The Hall–Kier alpha value is -2.65. The molecule has 0 radical (unpaired) electrons. The second-order valence-electron chi connectivity index (χ2n) is 12.2. The van der Waals surface area contributed by atoms with Crippen LogP contribution < -0.4 is 4.74 Å². The van der Waals surface area contributed by atoms with Crippen molar-refractivity contribution in [3.63, 3.8) is 0 Å². The quantitative estimate of drug-likeness (QED) is 0.355. The van der Waals surface area contributed by atoms with Crippen LogP contribution in [0.25, 0.3) is 6.08 Å². The molecule has 6 nitrogen and oxygen atoms in total. The molecule has 0 unspecified atom stereocenters. The van der Waals surface area contributed by atoms with E-state index in [2.05, 4.69) is 52.0 Å². The number of phenols is 1. The van der Waals surface area contributed by atoms with Gasteiger partial charge in [-0.25, -0.2) is 0 Å². The number of rotatable bonds is 6. The van der Waals surface area contributed by atoms with Gasteiger partial charge in [-0.15, -0.1) is 11.3 Å². The molecule has 2 fully saturated rings. The van der Waals surface area contributed by atoms with Gasteiger partial charge in [0.25, 0.3) is 0 Å². The summed E-state index contributed by atoms with van der Waals surface area (Å²) in [6.07, 6.45) is 5.96. The van der Waals surface area contributed by atoms with Crippen molar-refractivity contribution in [3.05, 3.63) is 86.0 Å². The van der Waals surface area contributed by atoms with E-state index in [-0.39, 0.29) is 29.7 Å². The van der Waals surface area contributed by atoms with Crippen molar-refractivity contribution in [1.82, 2.24) is 9.80 Å². The Labute approximate surface area is 253 Å². The average Bonchev–Trinajstić information content (AvgIpc) is 3.53. The largest absolute Gasteiger partial charge is 0.504 e. The molecule has 41 heavy (non-hydrogen) atoms. The number of thiophene rings is 1.